The molecule has 0 saturated carbocycles. The van der Waals surface area contributed by atoms with Gasteiger partial charge in [-0.05, 0) is 31.2 Å². The Balaban J connectivity index is 1.95. The SMILES string of the molecule is COc1ccc(NC=CC(=O)c2ccc(C)cc2)cc1. The van der Waals surface area contributed by atoms with Gasteiger partial charge >= 0.3 is 0 Å². The van der Waals surface area contributed by atoms with Gasteiger partial charge in [0.1, 0.15) is 5.75 Å². The molecule has 3 nitrogen and oxygen atoms in total. The molecule has 0 aromatic heterocycles. The predicted octanol–water partition coefficient (Wildman–Crippen LogP) is 3.81. The minimum absolute atomic E-state index is 0.0222. The van der Waals surface area contributed by atoms with Crippen molar-refractivity contribution in [3.8, 4) is 5.75 Å². The van der Waals surface area contributed by atoms with Crippen LogP contribution < -0.4 is 10.1 Å². The molecule has 3 heteroatoms. The number of ether oxygens (including phenoxy) is 1. The summed E-state index contributed by atoms with van der Waals surface area (Å²) in [5, 5.41) is 3.05. The zero-order chi connectivity index (χ0) is 14.4. The summed E-state index contributed by atoms with van der Waals surface area (Å²) in [4.78, 5) is 11.9. The van der Waals surface area contributed by atoms with E-state index in [1.807, 2.05) is 55.5 Å². The maximum absolute atomic E-state index is 11.9. The average molecular weight is 267 g/mol. The highest BCUT2D eigenvalue weighted by molar-refractivity contribution is 6.04. The van der Waals surface area contributed by atoms with Crippen LogP contribution in [-0.2, 0) is 0 Å². The number of ketones is 1. The fourth-order valence-electron chi connectivity index (χ4n) is 1.71. The van der Waals surface area contributed by atoms with Crippen LogP contribution in [0, 0.1) is 6.92 Å². The molecule has 0 spiro atoms. The van der Waals surface area contributed by atoms with Gasteiger partial charge < -0.3 is 10.1 Å². The van der Waals surface area contributed by atoms with Gasteiger partial charge in [-0.3, -0.25) is 4.79 Å². The molecule has 0 aliphatic rings. The van der Waals surface area contributed by atoms with E-state index in [0.29, 0.717) is 5.56 Å². The van der Waals surface area contributed by atoms with E-state index in [-0.39, 0.29) is 5.78 Å². The molecule has 0 aliphatic heterocycles. The molecular formula is C17H17NO2. The van der Waals surface area contributed by atoms with Crippen molar-refractivity contribution in [1.29, 1.82) is 0 Å². The zero-order valence-electron chi connectivity index (χ0n) is 11.6. The average Bonchev–Trinajstić information content (AvgIpc) is 2.48. The van der Waals surface area contributed by atoms with Gasteiger partial charge in [-0.2, -0.15) is 0 Å². The van der Waals surface area contributed by atoms with Gasteiger partial charge in [-0.15, -0.1) is 0 Å². The highest BCUT2D eigenvalue weighted by Gasteiger charge is 2.00. The van der Waals surface area contributed by atoms with Crippen LogP contribution in [0.4, 0.5) is 5.69 Å². The number of allylic oxidation sites excluding steroid dienone is 1. The van der Waals surface area contributed by atoms with E-state index in [1.165, 1.54) is 6.08 Å². The van der Waals surface area contributed by atoms with E-state index in [4.69, 9.17) is 4.74 Å². The maximum atomic E-state index is 11.9. The Morgan fingerprint density at radius 3 is 2.30 bits per heavy atom. The van der Waals surface area contributed by atoms with E-state index >= 15 is 0 Å². The van der Waals surface area contributed by atoms with Crippen LogP contribution in [0.1, 0.15) is 15.9 Å². The maximum Gasteiger partial charge on any atom is 0.187 e. The molecule has 2 aromatic rings. The Morgan fingerprint density at radius 2 is 1.70 bits per heavy atom. The molecule has 0 amide bonds. The third kappa shape index (κ3) is 3.72. The number of methoxy groups -OCH3 is 1. The standard InChI is InChI=1S/C17H17NO2/c1-13-3-5-14(6-4-13)17(19)11-12-18-15-7-9-16(20-2)10-8-15/h3-12,18H,1-2H3. The molecule has 0 heterocycles. The van der Waals surface area contributed by atoms with Gasteiger partial charge in [-0.25, -0.2) is 0 Å². The van der Waals surface area contributed by atoms with E-state index in [1.54, 1.807) is 13.3 Å². The number of nitrogens with one attached hydrogen (secondary N) is 1. The van der Waals surface area contributed by atoms with Crippen molar-refractivity contribution in [3.63, 3.8) is 0 Å². The van der Waals surface area contributed by atoms with Crippen LogP contribution >= 0.6 is 0 Å². The number of carbonyl (C=O) groups excluding carboxylic acids is 1. The number of aryl methyl sites for hydroxylation is 1. The van der Waals surface area contributed by atoms with Crippen LogP contribution in [0.2, 0.25) is 0 Å². The summed E-state index contributed by atoms with van der Waals surface area (Å²) >= 11 is 0. The first kappa shape index (κ1) is 13.9. The van der Waals surface area contributed by atoms with Crippen molar-refractivity contribution in [2.45, 2.75) is 6.92 Å². The first-order valence-corrected chi connectivity index (χ1v) is 6.37. The summed E-state index contributed by atoms with van der Waals surface area (Å²) in [7, 11) is 1.63. The zero-order valence-corrected chi connectivity index (χ0v) is 11.6. The molecule has 0 bridgehead atoms. The lowest BCUT2D eigenvalue weighted by atomic mass is 10.1. The van der Waals surface area contributed by atoms with Crippen LogP contribution in [0.3, 0.4) is 0 Å². The van der Waals surface area contributed by atoms with Crippen molar-refractivity contribution in [2.24, 2.45) is 0 Å². The fraction of sp³-hybridized carbons (Fsp3) is 0.118. The third-order valence-corrected chi connectivity index (χ3v) is 2.91. The summed E-state index contributed by atoms with van der Waals surface area (Å²) in [5.74, 6) is 0.779. The lowest BCUT2D eigenvalue weighted by Crippen LogP contribution is -1.96. The highest BCUT2D eigenvalue weighted by atomic mass is 16.5. The molecule has 2 rings (SSSR count). The molecule has 0 aliphatic carbocycles. The Hall–Kier alpha value is -2.55. The highest BCUT2D eigenvalue weighted by Crippen LogP contribution is 2.14. The van der Waals surface area contributed by atoms with Crippen LogP contribution in [0.15, 0.2) is 60.8 Å². The van der Waals surface area contributed by atoms with Gasteiger partial charge in [0.05, 0.1) is 7.11 Å². The van der Waals surface area contributed by atoms with Crippen LogP contribution in [-0.4, -0.2) is 12.9 Å². The number of hydrogen-bond donors (Lipinski definition) is 1. The lowest BCUT2D eigenvalue weighted by molar-refractivity contribution is 0.104. The minimum Gasteiger partial charge on any atom is -0.497 e. The van der Waals surface area contributed by atoms with Gasteiger partial charge in [0.25, 0.3) is 0 Å². The Labute approximate surface area is 118 Å². The molecule has 0 radical (unpaired) electrons. The summed E-state index contributed by atoms with van der Waals surface area (Å²) in [6.07, 6.45) is 3.17. The van der Waals surface area contributed by atoms with Crippen LogP contribution in [0.5, 0.6) is 5.75 Å². The summed E-state index contributed by atoms with van der Waals surface area (Å²) in [6.45, 7) is 2.00. The van der Waals surface area contributed by atoms with Crippen molar-refractivity contribution in [2.75, 3.05) is 12.4 Å². The van der Waals surface area contributed by atoms with Gasteiger partial charge in [0.15, 0.2) is 5.78 Å². The quantitative estimate of drug-likeness (QED) is 0.661. The van der Waals surface area contributed by atoms with Crippen molar-refractivity contribution < 1.29 is 9.53 Å². The molecule has 0 saturated heterocycles. The predicted molar refractivity (Wildman–Crippen MR) is 81.3 cm³/mol. The van der Waals surface area contributed by atoms with Crippen molar-refractivity contribution in [3.05, 3.63) is 71.9 Å². The summed E-state index contributed by atoms with van der Waals surface area (Å²) in [6, 6.07) is 15.0. The monoisotopic (exact) mass is 267 g/mol. The van der Waals surface area contributed by atoms with Gasteiger partial charge in [-0.1, -0.05) is 29.8 Å². The van der Waals surface area contributed by atoms with E-state index in [9.17, 15) is 4.79 Å². The Bertz CT molecular complexity index is 598. The van der Waals surface area contributed by atoms with E-state index < -0.39 is 0 Å². The lowest BCUT2D eigenvalue weighted by Gasteiger charge is -2.02. The number of rotatable bonds is 5. The number of benzene rings is 2. The summed E-state index contributed by atoms with van der Waals surface area (Å²) < 4.78 is 5.08. The second kappa shape index (κ2) is 6.57. The molecule has 0 atom stereocenters. The molecule has 102 valence electrons. The summed E-state index contributed by atoms with van der Waals surface area (Å²) in [5.41, 5.74) is 2.73. The van der Waals surface area contributed by atoms with Gasteiger partial charge in [0.2, 0.25) is 0 Å². The smallest absolute Gasteiger partial charge is 0.187 e. The second-order valence-corrected chi connectivity index (χ2v) is 4.44. The molecule has 20 heavy (non-hydrogen) atoms. The van der Waals surface area contributed by atoms with Crippen molar-refractivity contribution >= 4 is 11.5 Å². The Kier molecular flexibility index (Phi) is 4.56. The first-order valence-electron chi connectivity index (χ1n) is 6.37. The fourth-order valence-corrected chi connectivity index (χ4v) is 1.71. The number of anilines is 1. The van der Waals surface area contributed by atoms with Crippen LogP contribution in [0.25, 0.3) is 0 Å². The van der Waals surface area contributed by atoms with Gasteiger partial charge in [0, 0.05) is 23.5 Å². The normalized spacial score (nSPS) is 10.5. The first-order chi connectivity index (χ1) is 9.69. The topological polar surface area (TPSA) is 38.3 Å². The van der Waals surface area contributed by atoms with Crippen molar-refractivity contribution in [1.82, 2.24) is 0 Å². The number of hydrogen-bond acceptors (Lipinski definition) is 3. The van der Waals surface area contributed by atoms with E-state index in [0.717, 1.165) is 17.0 Å². The minimum atomic E-state index is -0.0222. The second-order valence-electron chi connectivity index (χ2n) is 4.44. The molecular weight excluding hydrogens is 250 g/mol. The molecule has 0 unspecified atom stereocenters. The molecule has 2 aromatic carbocycles. The molecule has 0 fully saturated rings. The largest absolute Gasteiger partial charge is 0.497 e. The Morgan fingerprint density at radius 1 is 1.05 bits per heavy atom. The van der Waals surface area contributed by atoms with E-state index in [2.05, 4.69) is 5.32 Å². The molecule has 1 N–H and O–H groups in total. The third-order valence-electron chi connectivity index (χ3n) is 2.91. The number of carbonyl (C=O) groups is 1.